The van der Waals surface area contributed by atoms with Gasteiger partial charge in [0.25, 0.3) is 0 Å². The van der Waals surface area contributed by atoms with Crippen molar-refractivity contribution in [1.29, 1.82) is 0 Å². The molecule has 0 saturated heterocycles. The highest BCUT2D eigenvalue weighted by atomic mass is 35.5. The molecule has 0 aliphatic rings. The molecular formula is C12H20ClNS. The monoisotopic (exact) mass is 245 g/mol. The van der Waals surface area contributed by atoms with Gasteiger partial charge in [0.1, 0.15) is 0 Å². The van der Waals surface area contributed by atoms with E-state index in [1.54, 1.807) is 0 Å². The molecule has 1 aromatic rings. The van der Waals surface area contributed by atoms with Crippen molar-refractivity contribution in [3.05, 3.63) is 21.9 Å². The fourth-order valence-electron chi connectivity index (χ4n) is 1.28. The number of aryl methyl sites for hydroxylation is 1. The Balaban J connectivity index is 2.25. The smallest absolute Gasteiger partial charge is 0.0483 e. The summed E-state index contributed by atoms with van der Waals surface area (Å²) in [4.78, 5) is 2.86. The molecule has 86 valence electrons. The summed E-state index contributed by atoms with van der Waals surface area (Å²) in [6, 6.07) is 4.41. The van der Waals surface area contributed by atoms with Gasteiger partial charge in [-0.2, -0.15) is 0 Å². The van der Waals surface area contributed by atoms with Gasteiger partial charge in [-0.1, -0.05) is 20.8 Å². The number of rotatable bonds is 6. The fourth-order valence-corrected chi connectivity index (χ4v) is 2.31. The van der Waals surface area contributed by atoms with Crippen LogP contribution in [0.2, 0.25) is 0 Å². The maximum atomic E-state index is 6.16. The first-order valence-corrected chi connectivity index (χ1v) is 6.81. The van der Waals surface area contributed by atoms with Crippen LogP contribution in [0.5, 0.6) is 0 Å². The zero-order valence-electron chi connectivity index (χ0n) is 9.72. The van der Waals surface area contributed by atoms with Gasteiger partial charge in [-0.3, -0.25) is 0 Å². The Morgan fingerprint density at radius 3 is 2.53 bits per heavy atom. The number of alkyl halides is 1. The van der Waals surface area contributed by atoms with E-state index < -0.39 is 0 Å². The van der Waals surface area contributed by atoms with Crippen molar-refractivity contribution in [3.8, 4) is 0 Å². The molecule has 1 nitrogen and oxygen atoms in total. The molecule has 0 spiro atoms. The Morgan fingerprint density at radius 1 is 1.33 bits per heavy atom. The largest absolute Gasteiger partial charge is 0.310 e. The molecule has 0 fully saturated rings. The van der Waals surface area contributed by atoms with Crippen LogP contribution in [-0.4, -0.2) is 11.9 Å². The number of hydrogen-bond donors (Lipinski definition) is 1. The zero-order chi connectivity index (χ0) is 11.3. The van der Waals surface area contributed by atoms with Crippen LogP contribution < -0.4 is 5.32 Å². The van der Waals surface area contributed by atoms with Gasteiger partial charge in [0.05, 0.1) is 0 Å². The minimum Gasteiger partial charge on any atom is -0.310 e. The van der Waals surface area contributed by atoms with Gasteiger partial charge >= 0.3 is 0 Å². The van der Waals surface area contributed by atoms with Crippen molar-refractivity contribution in [2.75, 3.05) is 6.54 Å². The summed E-state index contributed by atoms with van der Waals surface area (Å²) in [5.41, 5.74) is 0. The topological polar surface area (TPSA) is 12.0 Å². The fraction of sp³-hybridized carbons (Fsp3) is 0.667. The first-order chi connectivity index (χ1) is 7.13. The quantitative estimate of drug-likeness (QED) is 0.755. The summed E-state index contributed by atoms with van der Waals surface area (Å²) in [7, 11) is 0. The van der Waals surface area contributed by atoms with E-state index >= 15 is 0 Å². The van der Waals surface area contributed by atoms with E-state index in [1.807, 2.05) is 11.3 Å². The number of halogens is 1. The Hall–Kier alpha value is -0.0500. The normalized spacial score (nSPS) is 13.4. The van der Waals surface area contributed by atoms with Crippen LogP contribution in [0, 0.1) is 5.92 Å². The van der Waals surface area contributed by atoms with Gasteiger partial charge in [-0.15, -0.1) is 22.9 Å². The summed E-state index contributed by atoms with van der Waals surface area (Å²) >= 11 is 8.04. The van der Waals surface area contributed by atoms with Crippen molar-refractivity contribution in [1.82, 2.24) is 5.32 Å². The predicted molar refractivity (Wildman–Crippen MR) is 69.9 cm³/mol. The lowest BCUT2D eigenvalue weighted by atomic mass is 10.1. The first-order valence-electron chi connectivity index (χ1n) is 5.55. The number of thiophene rings is 1. The van der Waals surface area contributed by atoms with Gasteiger partial charge in [-0.05, 0) is 24.5 Å². The number of nitrogens with one attached hydrogen (secondary N) is 1. The van der Waals surface area contributed by atoms with Gasteiger partial charge in [-0.25, -0.2) is 0 Å². The zero-order valence-corrected chi connectivity index (χ0v) is 11.3. The number of hydrogen-bond acceptors (Lipinski definition) is 2. The van der Waals surface area contributed by atoms with Gasteiger partial charge in [0.15, 0.2) is 0 Å². The molecule has 0 bridgehead atoms. The lowest BCUT2D eigenvalue weighted by Crippen LogP contribution is -2.25. The van der Waals surface area contributed by atoms with Crippen molar-refractivity contribution < 1.29 is 0 Å². The molecule has 1 aromatic heterocycles. The Bertz CT molecular complexity index is 283. The standard InChI is InChI=1S/C12H20ClNS/c1-4-10-5-6-11(15-10)7-14-8-12(13)9(2)3/h5-6,9,12,14H,4,7-8H2,1-3H3. The maximum Gasteiger partial charge on any atom is 0.0483 e. The van der Waals surface area contributed by atoms with E-state index in [0.717, 1.165) is 19.5 Å². The van der Waals surface area contributed by atoms with Crippen LogP contribution in [0.3, 0.4) is 0 Å². The molecule has 1 unspecified atom stereocenters. The molecule has 1 rings (SSSR count). The minimum absolute atomic E-state index is 0.232. The molecule has 1 N–H and O–H groups in total. The molecule has 3 heteroatoms. The molecule has 0 saturated carbocycles. The lowest BCUT2D eigenvalue weighted by molar-refractivity contribution is 0.547. The summed E-state index contributed by atoms with van der Waals surface area (Å²) in [5, 5.41) is 3.63. The molecule has 0 aromatic carbocycles. The van der Waals surface area contributed by atoms with Crippen LogP contribution >= 0.6 is 22.9 Å². The first kappa shape index (κ1) is 13.0. The SMILES string of the molecule is CCc1ccc(CNCC(Cl)C(C)C)s1. The molecular weight excluding hydrogens is 226 g/mol. The molecule has 0 radical (unpaired) electrons. The minimum atomic E-state index is 0.232. The van der Waals surface area contributed by atoms with E-state index in [4.69, 9.17) is 11.6 Å². The lowest BCUT2D eigenvalue weighted by Gasteiger charge is -2.13. The van der Waals surface area contributed by atoms with E-state index in [0.29, 0.717) is 5.92 Å². The van der Waals surface area contributed by atoms with Gasteiger partial charge in [0, 0.05) is 28.2 Å². The van der Waals surface area contributed by atoms with Crippen LogP contribution in [0.15, 0.2) is 12.1 Å². The molecule has 15 heavy (non-hydrogen) atoms. The summed E-state index contributed by atoms with van der Waals surface area (Å²) < 4.78 is 0. The van der Waals surface area contributed by atoms with Gasteiger partial charge < -0.3 is 5.32 Å². The second-order valence-corrected chi connectivity index (χ2v) is 5.93. The van der Waals surface area contributed by atoms with E-state index in [1.165, 1.54) is 9.75 Å². The van der Waals surface area contributed by atoms with Crippen molar-refractivity contribution in [3.63, 3.8) is 0 Å². The predicted octanol–water partition coefficient (Wildman–Crippen LogP) is 3.66. The van der Waals surface area contributed by atoms with Gasteiger partial charge in [0.2, 0.25) is 0 Å². The highest BCUT2D eigenvalue weighted by Gasteiger charge is 2.08. The Labute approximate surface area is 102 Å². The summed E-state index contributed by atoms with van der Waals surface area (Å²) in [6.07, 6.45) is 1.13. The van der Waals surface area contributed by atoms with Crippen molar-refractivity contribution in [2.45, 2.75) is 39.1 Å². The van der Waals surface area contributed by atoms with Crippen molar-refractivity contribution in [2.24, 2.45) is 5.92 Å². The Kier molecular flexibility index (Phi) is 5.65. The second-order valence-electron chi connectivity index (χ2n) is 4.11. The average molecular weight is 246 g/mol. The molecule has 0 aliphatic heterocycles. The van der Waals surface area contributed by atoms with Crippen LogP contribution in [0.25, 0.3) is 0 Å². The maximum absolute atomic E-state index is 6.16. The highest BCUT2D eigenvalue weighted by Crippen LogP contribution is 2.16. The van der Waals surface area contributed by atoms with Crippen LogP contribution in [-0.2, 0) is 13.0 Å². The van der Waals surface area contributed by atoms with E-state index in [2.05, 4.69) is 38.2 Å². The highest BCUT2D eigenvalue weighted by molar-refractivity contribution is 7.11. The third kappa shape index (κ3) is 4.54. The van der Waals surface area contributed by atoms with Crippen LogP contribution in [0.1, 0.15) is 30.5 Å². The summed E-state index contributed by atoms with van der Waals surface area (Å²) in [6.45, 7) is 8.33. The third-order valence-electron chi connectivity index (χ3n) is 2.43. The van der Waals surface area contributed by atoms with E-state index in [-0.39, 0.29) is 5.38 Å². The Morgan fingerprint density at radius 2 is 2.00 bits per heavy atom. The van der Waals surface area contributed by atoms with Crippen LogP contribution in [0.4, 0.5) is 0 Å². The molecule has 0 amide bonds. The molecule has 0 aliphatic carbocycles. The average Bonchev–Trinajstić information content (AvgIpc) is 2.65. The van der Waals surface area contributed by atoms with E-state index in [9.17, 15) is 0 Å². The molecule has 1 heterocycles. The third-order valence-corrected chi connectivity index (χ3v) is 4.32. The van der Waals surface area contributed by atoms with Crippen molar-refractivity contribution >= 4 is 22.9 Å². The second kappa shape index (κ2) is 6.51. The summed E-state index contributed by atoms with van der Waals surface area (Å²) in [5.74, 6) is 0.536. The molecule has 1 atom stereocenters.